The molecule has 1 unspecified atom stereocenters. The lowest BCUT2D eigenvalue weighted by molar-refractivity contribution is 0.0988. The number of phenols is 1. The van der Waals surface area contributed by atoms with Crippen LogP contribution >= 0.6 is 11.6 Å². The largest absolute Gasteiger partial charge is 0.507 e. The molecule has 0 aliphatic carbocycles. The quantitative estimate of drug-likeness (QED) is 0.161. The number of halogens is 1. The second-order valence-electron chi connectivity index (χ2n) is 10.9. The molecule has 4 aromatic carbocycles. The third-order valence-electron chi connectivity index (χ3n) is 7.78. The second-order valence-corrected chi connectivity index (χ2v) is 11.2. The van der Waals surface area contributed by atoms with Crippen LogP contribution in [0.2, 0.25) is 0 Å². The predicted molar refractivity (Wildman–Crippen MR) is 166 cm³/mol. The average Bonchev–Trinajstić information content (AvgIpc) is 3.56. The minimum Gasteiger partial charge on any atom is -0.507 e. The third kappa shape index (κ3) is 5.11. The van der Waals surface area contributed by atoms with Crippen LogP contribution in [0.15, 0.2) is 66.7 Å². The number of aromatic amines is 1. The van der Waals surface area contributed by atoms with Gasteiger partial charge in [-0.05, 0) is 86.4 Å². The van der Waals surface area contributed by atoms with Crippen LogP contribution in [0.3, 0.4) is 0 Å². The number of fused-ring (bicyclic) bond motifs is 4. The fraction of sp³-hybridized carbons (Fsp3) is 0.273. The highest BCUT2D eigenvalue weighted by atomic mass is 35.5. The zero-order valence-corrected chi connectivity index (χ0v) is 24.2. The minimum absolute atomic E-state index is 0.0257. The molecular weight excluding hydrogens is 536 g/mol. The molecule has 0 bridgehead atoms. The molecule has 41 heavy (non-hydrogen) atoms. The normalized spacial score (nSPS) is 14.8. The van der Waals surface area contributed by atoms with Crippen molar-refractivity contribution in [2.24, 2.45) is 0 Å². The number of phenolic OH excluding ortho intramolecular Hbond substituents is 1. The number of hydrogen-bond acceptors (Lipinski definition) is 5. The van der Waals surface area contributed by atoms with Crippen molar-refractivity contribution < 1.29 is 14.6 Å². The summed E-state index contributed by atoms with van der Waals surface area (Å²) >= 11 is 6.41. The van der Waals surface area contributed by atoms with Gasteiger partial charge >= 0.3 is 0 Å². The number of carbonyl (C=O) groups excluding carboxylic acids is 1. The van der Waals surface area contributed by atoms with Gasteiger partial charge in [0.15, 0.2) is 0 Å². The number of rotatable bonds is 8. The van der Waals surface area contributed by atoms with E-state index in [9.17, 15) is 9.90 Å². The Kier molecular flexibility index (Phi) is 7.32. The predicted octanol–water partition coefficient (Wildman–Crippen LogP) is 6.71. The smallest absolute Gasteiger partial charge is 0.258 e. The third-order valence-corrected chi connectivity index (χ3v) is 8.15. The van der Waals surface area contributed by atoms with Crippen LogP contribution in [0.1, 0.15) is 33.8 Å². The van der Waals surface area contributed by atoms with Crippen LogP contribution in [-0.4, -0.2) is 65.6 Å². The van der Waals surface area contributed by atoms with Gasteiger partial charge in [0.2, 0.25) is 0 Å². The highest BCUT2D eigenvalue weighted by molar-refractivity contribution is 6.19. The first-order valence-corrected chi connectivity index (χ1v) is 14.4. The average molecular weight is 569 g/mol. The molecule has 6 rings (SSSR count). The first-order chi connectivity index (χ1) is 19.8. The SMILES string of the molecule is Cc1cccc2c(O)cc3c(c12)C(CCl)CN3C(=O)c1ccc2nc(-c3ccc(OCCCN(C)C)cc3)[nH]c2c1. The Hall–Kier alpha value is -4.07. The van der Waals surface area contributed by atoms with Crippen LogP contribution in [0.5, 0.6) is 11.5 Å². The number of carbonyl (C=O) groups is 1. The van der Waals surface area contributed by atoms with Crippen LogP contribution in [-0.2, 0) is 0 Å². The van der Waals surface area contributed by atoms with Crippen molar-refractivity contribution in [2.75, 3.05) is 44.6 Å². The number of nitrogens with one attached hydrogen (secondary N) is 1. The fourth-order valence-corrected chi connectivity index (χ4v) is 5.98. The molecule has 5 aromatic rings. The monoisotopic (exact) mass is 568 g/mol. The van der Waals surface area contributed by atoms with Gasteiger partial charge in [0, 0.05) is 47.5 Å². The van der Waals surface area contributed by atoms with E-state index in [1.54, 1.807) is 17.0 Å². The van der Waals surface area contributed by atoms with Crippen LogP contribution in [0.25, 0.3) is 33.2 Å². The Bertz CT molecular complexity index is 1750. The molecule has 1 aliphatic rings. The number of H-pyrrole nitrogens is 1. The standard InChI is InChI=1S/C33H33ClN4O3/c1-20-6-4-7-25-29(39)17-28-31(30(20)25)23(18-34)19-38(28)33(40)22-10-13-26-27(16-22)36-32(35-26)21-8-11-24(12-9-21)41-15-5-14-37(2)3/h4,6-13,16-17,23,39H,5,14-15,18-19H2,1-3H3,(H,35,36). The number of alkyl halides is 1. The topological polar surface area (TPSA) is 81.7 Å². The van der Waals surface area contributed by atoms with E-state index >= 15 is 0 Å². The van der Waals surface area contributed by atoms with Gasteiger partial charge in [-0.25, -0.2) is 4.98 Å². The number of aromatic hydroxyl groups is 1. The number of imidazole rings is 1. The number of anilines is 1. The molecule has 0 saturated carbocycles. The maximum Gasteiger partial charge on any atom is 0.258 e. The molecule has 2 N–H and O–H groups in total. The summed E-state index contributed by atoms with van der Waals surface area (Å²) in [5, 5.41) is 12.6. The highest BCUT2D eigenvalue weighted by Gasteiger charge is 2.35. The molecule has 0 radical (unpaired) electrons. The number of amides is 1. The summed E-state index contributed by atoms with van der Waals surface area (Å²) in [6, 6.07) is 20.9. The molecule has 0 fully saturated rings. The summed E-state index contributed by atoms with van der Waals surface area (Å²) in [6.45, 7) is 4.13. The first-order valence-electron chi connectivity index (χ1n) is 13.8. The van der Waals surface area contributed by atoms with Gasteiger partial charge < -0.3 is 24.6 Å². The van der Waals surface area contributed by atoms with Crippen molar-refractivity contribution in [3.8, 4) is 22.9 Å². The number of aryl methyl sites for hydroxylation is 1. The maximum absolute atomic E-state index is 13.9. The Morgan fingerprint density at radius 1 is 1.15 bits per heavy atom. The van der Waals surface area contributed by atoms with Crippen LogP contribution in [0, 0.1) is 6.92 Å². The molecule has 1 aliphatic heterocycles. The minimum atomic E-state index is -0.139. The number of nitrogens with zero attached hydrogens (tertiary/aromatic N) is 3. The van der Waals surface area contributed by atoms with Crippen LogP contribution in [0.4, 0.5) is 5.69 Å². The van der Waals surface area contributed by atoms with Gasteiger partial charge in [-0.2, -0.15) is 0 Å². The molecule has 0 saturated heterocycles. The van der Waals surface area contributed by atoms with E-state index in [1.165, 1.54) is 0 Å². The summed E-state index contributed by atoms with van der Waals surface area (Å²) in [5.74, 6) is 1.93. The second kappa shape index (κ2) is 11.1. The van der Waals surface area contributed by atoms with Crippen molar-refractivity contribution in [2.45, 2.75) is 19.3 Å². The van der Waals surface area contributed by atoms with E-state index in [0.717, 1.165) is 68.7 Å². The van der Waals surface area contributed by atoms with E-state index < -0.39 is 0 Å². The Labute approximate surface area is 244 Å². The Morgan fingerprint density at radius 3 is 2.71 bits per heavy atom. The molecule has 0 spiro atoms. The van der Waals surface area contributed by atoms with Crippen molar-refractivity contribution >= 4 is 45.0 Å². The zero-order chi connectivity index (χ0) is 28.7. The lowest BCUT2D eigenvalue weighted by Crippen LogP contribution is -2.30. The number of ether oxygens (including phenoxy) is 1. The lowest BCUT2D eigenvalue weighted by Gasteiger charge is -2.19. The lowest BCUT2D eigenvalue weighted by atomic mass is 9.92. The summed E-state index contributed by atoms with van der Waals surface area (Å²) < 4.78 is 5.85. The molecule has 1 aromatic heterocycles. The molecule has 7 nitrogen and oxygen atoms in total. The summed E-state index contributed by atoms with van der Waals surface area (Å²) in [7, 11) is 4.11. The number of aromatic nitrogens is 2. The van der Waals surface area contributed by atoms with E-state index in [0.29, 0.717) is 24.6 Å². The molecule has 2 heterocycles. The highest BCUT2D eigenvalue weighted by Crippen LogP contribution is 2.46. The van der Waals surface area contributed by atoms with Crippen LogP contribution < -0.4 is 9.64 Å². The van der Waals surface area contributed by atoms with Gasteiger partial charge in [-0.3, -0.25) is 4.79 Å². The van der Waals surface area contributed by atoms with E-state index in [-0.39, 0.29) is 17.6 Å². The van der Waals surface area contributed by atoms with Gasteiger partial charge in [-0.1, -0.05) is 18.2 Å². The first kappa shape index (κ1) is 27.1. The van der Waals surface area contributed by atoms with Gasteiger partial charge in [0.1, 0.15) is 17.3 Å². The van der Waals surface area contributed by atoms with Crippen molar-refractivity contribution in [1.82, 2.24) is 14.9 Å². The number of hydrogen-bond donors (Lipinski definition) is 2. The zero-order valence-electron chi connectivity index (χ0n) is 23.4. The van der Waals surface area contributed by atoms with Gasteiger partial charge in [0.25, 0.3) is 5.91 Å². The Morgan fingerprint density at radius 2 is 1.95 bits per heavy atom. The molecule has 1 amide bonds. The maximum atomic E-state index is 13.9. The van der Waals surface area contributed by atoms with E-state index in [2.05, 4.69) is 24.0 Å². The van der Waals surface area contributed by atoms with Gasteiger partial charge in [0.05, 0.1) is 23.3 Å². The molecular formula is C33H33ClN4O3. The summed E-state index contributed by atoms with van der Waals surface area (Å²) in [5.41, 5.74) is 5.82. The molecule has 210 valence electrons. The summed E-state index contributed by atoms with van der Waals surface area (Å²) in [6.07, 6.45) is 0.965. The van der Waals surface area contributed by atoms with E-state index in [4.69, 9.17) is 21.3 Å². The van der Waals surface area contributed by atoms with Crippen molar-refractivity contribution in [1.29, 1.82) is 0 Å². The number of benzene rings is 4. The van der Waals surface area contributed by atoms with Crippen molar-refractivity contribution in [3.63, 3.8) is 0 Å². The van der Waals surface area contributed by atoms with Gasteiger partial charge in [-0.15, -0.1) is 11.6 Å². The van der Waals surface area contributed by atoms with Crippen molar-refractivity contribution in [3.05, 3.63) is 83.4 Å². The summed E-state index contributed by atoms with van der Waals surface area (Å²) in [4.78, 5) is 25.9. The molecule has 8 heteroatoms. The fourth-order valence-electron chi connectivity index (χ4n) is 5.73. The molecule has 1 atom stereocenters. The Balaban J connectivity index is 1.26. The van der Waals surface area contributed by atoms with E-state index in [1.807, 2.05) is 61.5 Å².